The van der Waals surface area contributed by atoms with E-state index in [0.29, 0.717) is 6.61 Å². The summed E-state index contributed by atoms with van der Waals surface area (Å²) in [5.41, 5.74) is 1.02. The maximum Gasteiger partial charge on any atom is 0.123 e. The summed E-state index contributed by atoms with van der Waals surface area (Å²) >= 11 is 0. The normalized spacial score (nSPS) is 12.1. The Kier molecular flexibility index (Phi) is 6.22. The highest BCUT2D eigenvalue weighted by Crippen LogP contribution is 2.20. The van der Waals surface area contributed by atoms with Gasteiger partial charge in [0.25, 0.3) is 0 Å². The molecule has 0 heterocycles. The summed E-state index contributed by atoms with van der Waals surface area (Å²) in [7, 11) is 0. The lowest BCUT2D eigenvalue weighted by Crippen LogP contribution is -2.22. The van der Waals surface area contributed by atoms with Gasteiger partial charge < -0.3 is 10.1 Å². The van der Waals surface area contributed by atoms with E-state index in [2.05, 4.69) is 12.2 Å². The van der Waals surface area contributed by atoms with Gasteiger partial charge in [-0.25, -0.2) is 4.39 Å². The summed E-state index contributed by atoms with van der Waals surface area (Å²) in [6.07, 6.45) is 0.853. The molecule has 0 aromatic heterocycles. The summed E-state index contributed by atoms with van der Waals surface area (Å²) in [4.78, 5) is 0. The van der Waals surface area contributed by atoms with E-state index in [0.717, 1.165) is 30.8 Å². The Morgan fingerprint density at radius 2 is 1.90 bits per heavy atom. The Bertz CT molecular complexity index is 530. The van der Waals surface area contributed by atoms with Crippen molar-refractivity contribution in [3.8, 4) is 5.75 Å². The number of ether oxygens (including phenoxy) is 1. The minimum Gasteiger partial charge on any atom is -0.494 e. The van der Waals surface area contributed by atoms with Crippen LogP contribution in [0.25, 0.3) is 0 Å². The lowest BCUT2D eigenvalue weighted by molar-refractivity contribution is 0.295. The first-order chi connectivity index (χ1) is 10.3. The smallest absolute Gasteiger partial charge is 0.123 e. The summed E-state index contributed by atoms with van der Waals surface area (Å²) < 4.78 is 19.1. The van der Waals surface area contributed by atoms with Crippen LogP contribution in [0.5, 0.6) is 5.75 Å². The number of halogens is 1. The fourth-order valence-electron chi connectivity index (χ4n) is 2.30. The van der Waals surface area contributed by atoms with E-state index in [9.17, 15) is 4.39 Å². The summed E-state index contributed by atoms with van der Waals surface area (Å²) in [6.45, 7) is 4.43. The molecule has 0 bridgehead atoms. The Morgan fingerprint density at radius 1 is 1.10 bits per heavy atom. The number of nitrogens with one attached hydrogen (secondary N) is 1. The molecule has 0 aliphatic heterocycles. The van der Waals surface area contributed by atoms with Gasteiger partial charge in [0.1, 0.15) is 11.6 Å². The number of hydrogen-bond donors (Lipinski definition) is 1. The summed E-state index contributed by atoms with van der Waals surface area (Å²) in [5, 5.41) is 3.34. The number of benzene rings is 2. The predicted octanol–water partition coefficient (Wildman–Crippen LogP) is 3.99. The van der Waals surface area contributed by atoms with Crippen LogP contribution in [-0.4, -0.2) is 19.7 Å². The maximum atomic E-state index is 13.4. The highest BCUT2D eigenvalue weighted by Gasteiger charge is 2.12. The van der Waals surface area contributed by atoms with Gasteiger partial charge in [0, 0.05) is 6.54 Å². The van der Waals surface area contributed by atoms with E-state index >= 15 is 0 Å². The quantitative estimate of drug-likeness (QED) is 0.792. The third-order valence-electron chi connectivity index (χ3n) is 3.44. The van der Waals surface area contributed by atoms with Crippen molar-refractivity contribution in [1.29, 1.82) is 0 Å². The maximum absolute atomic E-state index is 13.4. The predicted molar refractivity (Wildman–Crippen MR) is 84.2 cm³/mol. The standard InChI is InChI=1S/C18H22FNO/c1-2-20-14-16(15-7-6-8-17(19)13-15)11-12-21-18-9-4-3-5-10-18/h3-10,13,16,20H,2,11-12,14H2,1H3. The molecular weight excluding hydrogens is 265 g/mol. The third kappa shape index (κ3) is 5.20. The molecule has 1 unspecified atom stereocenters. The minimum atomic E-state index is -0.182. The SMILES string of the molecule is CCNCC(CCOc1ccccc1)c1cccc(F)c1. The van der Waals surface area contributed by atoms with E-state index in [4.69, 9.17) is 4.74 Å². The zero-order valence-electron chi connectivity index (χ0n) is 12.4. The van der Waals surface area contributed by atoms with Gasteiger partial charge in [-0.3, -0.25) is 0 Å². The second-order valence-electron chi connectivity index (χ2n) is 5.01. The first-order valence-corrected chi connectivity index (χ1v) is 7.43. The molecule has 2 aromatic rings. The molecule has 0 aliphatic carbocycles. The molecule has 1 atom stereocenters. The van der Waals surface area contributed by atoms with Gasteiger partial charge in [-0.05, 0) is 48.7 Å². The highest BCUT2D eigenvalue weighted by molar-refractivity contribution is 5.22. The Hall–Kier alpha value is -1.87. The average molecular weight is 287 g/mol. The summed E-state index contributed by atoms with van der Waals surface area (Å²) in [6, 6.07) is 16.6. The molecular formula is C18H22FNO. The molecule has 21 heavy (non-hydrogen) atoms. The number of para-hydroxylation sites is 1. The van der Waals surface area contributed by atoms with Crippen molar-refractivity contribution in [2.24, 2.45) is 0 Å². The molecule has 3 heteroatoms. The molecule has 0 amide bonds. The van der Waals surface area contributed by atoms with Gasteiger partial charge in [-0.2, -0.15) is 0 Å². The van der Waals surface area contributed by atoms with Crippen LogP contribution in [-0.2, 0) is 0 Å². The first kappa shape index (κ1) is 15.5. The molecule has 0 aliphatic rings. The molecule has 0 saturated heterocycles. The van der Waals surface area contributed by atoms with Crippen molar-refractivity contribution < 1.29 is 9.13 Å². The molecule has 0 fully saturated rings. The molecule has 0 saturated carbocycles. The van der Waals surface area contributed by atoms with Crippen molar-refractivity contribution in [2.75, 3.05) is 19.7 Å². The molecule has 2 nitrogen and oxygen atoms in total. The topological polar surface area (TPSA) is 21.3 Å². The van der Waals surface area contributed by atoms with Crippen molar-refractivity contribution >= 4 is 0 Å². The third-order valence-corrected chi connectivity index (χ3v) is 3.44. The van der Waals surface area contributed by atoms with E-state index in [1.807, 2.05) is 36.4 Å². The van der Waals surface area contributed by atoms with Gasteiger partial charge >= 0.3 is 0 Å². The van der Waals surface area contributed by atoms with E-state index < -0.39 is 0 Å². The molecule has 2 aromatic carbocycles. The molecule has 0 spiro atoms. The molecule has 2 rings (SSSR count). The highest BCUT2D eigenvalue weighted by atomic mass is 19.1. The van der Waals surface area contributed by atoms with Crippen molar-refractivity contribution in [2.45, 2.75) is 19.3 Å². The van der Waals surface area contributed by atoms with Gasteiger partial charge in [0.05, 0.1) is 6.61 Å². The van der Waals surface area contributed by atoms with Gasteiger partial charge in [-0.1, -0.05) is 37.3 Å². The van der Waals surface area contributed by atoms with Gasteiger partial charge in [-0.15, -0.1) is 0 Å². The molecule has 0 radical (unpaired) electrons. The van der Waals surface area contributed by atoms with Crippen LogP contribution in [0.15, 0.2) is 54.6 Å². The monoisotopic (exact) mass is 287 g/mol. The second-order valence-corrected chi connectivity index (χ2v) is 5.01. The van der Waals surface area contributed by atoms with Crippen molar-refractivity contribution in [1.82, 2.24) is 5.32 Å². The van der Waals surface area contributed by atoms with E-state index in [1.54, 1.807) is 12.1 Å². The number of likely N-dealkylation sites (N-methyl/N-ethyl adjacent to an activating group) is 1. The molecule has 1 N–H and O–H groups in total. The lowest BCUT2D eigenvalue weighted by atomic mass is 9.96. The first-order valence-electron chi connectivity index (χ1n) is 7.43. The lowest BCUT2D eigenvalue weighted by Gasteiger charge is -2.18. The van der Waals surface area contributed by atoms with E-state index in [1.165, 1.54) is 6.07 Å². The Labute approximate surface area is 126 Å². The van der Waals surface area contributed by atoms with Crippen molar-refractivity contribution in [3.05, 3.63) is 66.0 Å². The van der Waals surface area contributed by atoms with Crippen LogP contribution in [0.2, 0.25) is 0 Å². The fraction of sp³-hybridized carbons (Fsp3) is 0.333. The summed E-state index contributed by atoms with van der Waals surface area (Å²) in [5.74, 6) is 0.946. The van der Waals surface area contributed by atoms with Crippen LogP contribution in [0, 0.1) is 5.82 Å². The zero-order valence-corrected chi connectivity index (χ0v) is 12.4. The van der Waals surface area contributed by atoms with Crippen LogP contribution >= 0.6 is 0 Å². The Balaban J connectivity index is 1.93. The van der Waals surface area contributed by atoms with Crippen LogP contribution in [0.4, 0.5) is 4.39 Å². The zero-order chi connectivity index (χ0) is 14.9. The van der Waals surface area contributed by atoms with E-state index in [-0.39, 0.29) is 11.7 Å². The number of hydrogen-bond acceptors (Lipinski definition) is 2. The molecule has 112 valence electrons. The van der Waals surface area contributed by atoms with Crippen molar-refractivity contribution in [3.63, 3.8) is 0 Å². The van der Waals surface area contributed by atoms with Crippen LogP contribution in [0.1, 0.15) is 24.8 Å². The second kappa shape index (κ2) is 8.42. The van der Waals surface area contributed by atoms with Crippen LogP contribution < -0.4 is 10.1 Å². The Morgan fingerprint density at radius 3 is 2.62 bits per heavy atom. The minimum absolute atomic E-state index is 0.182. The largest absolute Gasteiger partial charge is 0.494 e. The van der Waals surface area contributed by atoms with Crippen LogP contribution in [0.3, 0.4) is 0 Å². The average Bonchev–Trinajstić information content (AvgIpc) is 2.51. The van der Waals surface area contributed by atoms with Gasteiger partial charge in [0.15, 0.2) is 0 Å². The fourth-order valence-corrected chi connectivity index (χ4v) is 2.30. The number of rotatable bonds is 8. The van der Waals surface area contributed by atoms with Gasteiger partial charge in [0.2, 0.25) is 0 Å².